The van der Waals surface area contributed by atoms with Gasteiger partial charge in [-0.15, -0.1) is 12.4 Å². The molecule has 1 fully saturated rings. The first-order valence-electron chi connectivity index (χ1n) is 11.5. The molecule has 0 radical (unpaired) electrons. The van der Waals surface area contributed by atoms with Crippen LogP contribution in [-0.2, 0) is 21.4 Å². The predicted octanol–water partition coefficient (Wildman–Crippen LogP) is 5.69. The van der Waals surface area contributed by atoms with E-state index in [1.165, 1.54) is 12.1 Å². The third-order valence-corrected chi connectivity index (χ3v) is 8.17. The number of rotatable bonds is 9. The number of ether oxygens (including phenoxy) is 1. The summed E-state index contributed by atoms with van der Waals surface area (Å²) in [6.45, 7) is 0.310. The molecule has 3 aromatic carbocycles. The molecule has 1 aromatic heterocycles. The average molecular weight is 571 g/mol. The number of hydrogen-bond acceptors (Lipinski definition) is 5. The van der Waals surface area contributed by atoms with E-state index < -0.39 is 27.4 Å². The number of carboxylic acid groups (broad SMARTS) is 1. The van der Waals surface area contributed by atoms with Crippen LogP contribution in [0.25, 0.3) is 11.1 Å². The lowest BCUT2D eigenvalue weighted by molar-refractivity contribution is -0.140. The molecular formula is C28H24Cl2N2O5S. The maximum absolute atomic E-state index is 13.2. The van der Waals surface area contributed by atoms with Crippen molar-refractivity contribution in [2.75, 3.05) is 0 Å². The number of nitrogens with zero attached hydrogens (tertiary/aromatic N) is 1. The Kier molecular flexibility index (Phi) is 8.08. The molecule has 1 aliphatic carbocycles. The van der Waals surface area contributed by atoms with Gasteiger partial charge in [0, 0.05) is 28.9 Å². The fourth-order valence-electron chi connectivity index (χ4n) is 4.30. The summed E-state index contributed by atoms with van der Waals surface area (Å²) in [5, 5.41) is 10.6. The molecule has 1 aliphatic rings. The van der Waals surface area contributed by atoms with Crippen LogP contribution in [0.1, 0.15) is 23.5 Å². The molecule has 1 heterocycles. The average Bonchev–Trinajstić information content (AvgIpc) is 3.64. The highest BCUT2D eigenvalue weighted by Crippen LogP contribution is 2.53. The molecule has 0 bridgehead atoms. The Balaban J connectivity index is 0.00000336. The summed E-state index contributed by atoms with van der Waals surface area (Å²) in [5.41, 5.74) is 1.66. The van der Waals surface area contributed by atoms with E-state index in [0.29, 0.717) is 22.9 Å². The summed E-state index contributed by atoms with van der Waals surface area (Å²) in [4.78, 5) is 16.3. The van der Waals surface area contributed by atoms with Crippen LogP contribution in [0, 0.1) is 0 Å². The second kappa shape index (κ2) is 11.1. The number of pyridine rings is 1. The molecule has 0 amide bonds. The number of aromatic nitrogens is 1. The molecule has 2 atom stereocenters. The molecule has 4 aromatic rings. The molecule has 1 saturated carbocycles. The van der Waals surface area contributed by atoms with E-state index in [-0.39, 0.29) is 23.7 Å². The Morgan fingerprint density at radius 2 is 1.71 bits per heavy atom. The summed E-state index contributed by atoms with van der Waals surface area (Å²) in [7, 11) is -4.09. The third-order valence-electron chi connectivity index (χ3n) is 6.39. The number of benzene rings is 3. The van der Waals surface area contributed by atoms with E-state index in [0.717, 1.165) is 16.7 Å². The number of carboxylic acids is 1. The number of halogens is 2. The van der Waals surface area contributed by atoms with Crippen molar-refractivity contribution < 1.29 is 23.1 Å². The van der Waals surface area contributed by atoms with Gasteiger partial charge in [-0.1, -0.05) is 54.1 Å². The van der Waals surface area contributed by atoms with Crippen LogP contribution in [0.2, 0.25) is 5.02 Å². The second-order valence-corrected chi connectivity index (χ2v) is 11.0. The van der Waals surface area contributed by atoms with Crippen LogP contribution in [-0.4, -0.2) is 30.0 Å². The van der Waals surface area contributed by atoms with Gasteiger partial charge in [0.15, 0.2) is 0 Å². The molecular weight excluding hydrogens is 547 g/mol. The minimum atomic E-state index is -4.09. The van der Waals surface area contributed by atoms with E-state index in [1.54, 1.807) is 60.9 Å². The third kappa shape index (κ3) is 5.84. The van der Waals surface area contributed by atoms with Gasteiger partial charge in [0.1, 0.15) is 17.9 Å². The van der Waals surface area contributed by atoms with Crippen molar-refractivity contribution in [3.8, 4) is 16.9 Å². The van der Waals surface area contributed by atoms with Crippen LogP contribution >= 0.6 is 24.0 Å². The Morgan fingerprint density at radius 1 is 1.03 bits per heavy atom. The molecule has 0 spiro atoms. The number of carbonyl (C=O) groups is 1. The minimum Gasteiger partial charge on any atom is -0.489 e. The van der Waals surface area contributed by atoms with Crippen molar-refractivity contribution in [2.45, 2.75) is 29.4 Å². The smallest absolute Gasteiger partial charge is 0.325 e. The van der Waals surface area contributed by atoms with Crippen molar-refractivity contribution in [2.24, 2.45) is 0 Å². The van der Waals surface area contributed by atoms with Gasteiger partial charge < -0.3 is 9.84 Å². The topological polar surface area (TPSA) is 106 Å². The molecule has 0 aliphatic heterocycles. The highest BCUT2D eigenvalue weighted by molar-refractivity contribution is 7.89. The quantitative estimate of drug-likeness (QED) is 0.267. The number of aliphatic carboxylic acids is 1. The summed E-state index contributed by atoms with van der Waals surface area (Å²) in [6, 6.07) is 24.3. The fraction of sp³-hybridized carbons (Fsp3) is 0.143. The monoisotopic (exact) mass is 570 g/mol. The Bertz CT molecular complexity index is 1530. The molecule has 5 rings (SSSR count). The zero-order valence-electron chi connectivity index (χ0n) is 20.0. The minimum absolute atomic E-state index is 0. The van der Waals surface area contributed by atoms with Crippen LogP contribution in [0.4, 0.5) is 0 Å². The summed E-state index contributed by atoms with van der Waals surface area (Å²) < 4.78 is 34.6. The van der Waals surface area contributed by atoms with Crippen LogP contribution in [0.3, 0.4) is 0 Å². The van der Waals surface area contributed by atoms with E-state index in [4.69, 9.17) is 16.3 Å². The predicted molar refractivity (Wildman–Crippen MR) is 147 cm³/mol. The number of sulfonamides is 1. The molecule has 2 N–H and O–H groups in total. The fourth-order valence-corrected chi connectivity index (χ4v) is 5.83. The van der Waals surface area contributed by atoms with Crippen molar-refractivity contribution >= 4 is 40.0 Å². The van der Waals surface area contributed by atoms with Gasteiger partial charge in [0.2, 0.25) is 10.0 Å². The first-order chi connectivity index (χ1) is 17.8. The standard InChI is InChI=1S/C28H23ClN2O5S.ClH/c29-23-10-6-20(7-11-23)21-8-12-25(13-9-21)37(34,35)31-28(27(32)33)16-26(28)22-4-1-5-24(15-22)36-18-19-3-2-14-30-17-19;/h1-15,17,26,31H,16,18H2,(H,32,33);1H. The van der Waals surface area contributed by atoms with E-state index in [1.807, 2.05) is 24.3 Å². The summed E-state index contributed by atoms with van der Waals surface area (Å²) in [6.07, 6.45) is 3.52. The maximum Gasteiger partial charge on any atom is 0.325 e. The normalized spacial score (nSPS) is 18.3. The highest BCUT2D eigenvalue weighted by atomic mass is 35.5. The van der Waals surface area contributed by atoms with Gasteiger partial charge in [-0.2, -0.15) is 4.72 Å². The lowest BCUT2D eigenvalue weighted by atomic mass is 10.1. The Morgan fingerprint density at radius 3 is 2.34 bits per heavy atom. The molecule has 7 nitrogen and oxygen atoms in total. The van der Waals surface area contributed by atoms with E-state index in [2.05, 4.69) is 9.71 Å². The molecule has 196 valence electrons. The Labute approximate surface area is 231 Å². The van der Waals surface area contributed by atoms with Crippen molar-refractivity contribution in [3.63, 3.8) is 0 Å². The second-order valence-electron chi connectivity index (χ2n) is 8.89. The molecule has 0 saturated heterocycles. The van der Waals surface area contributed by atoms with Crippen LogP contribution in [0.5, 0.6) is 5.75 Å². The number of nitrogens with one attached hydrogen (secondary N) is 1. The van der Waals surface area contributed by atoms with E-state index in [9.17, 15) is 18.3 Å². The maximum atomic E-state index is 13.2. The lowest BCUT2D eigenvalue weighted by Gasteiger charge is -2.16. The summed E-state index contributed by atoms with van der Waals surface area (Å²) >= 11 is 5.94. The van der Waals surface area contributed by atoms with Gasteiger partial charge >= 0.3 is 5.97 Å². The van der Waals surface area contributed by atoms with Crippen molar-refractivity contribution in [1.82, 2.24) is 9.71 Å². The first kappa shape index (κ1) is 27.6. The largest absolute Gasteiger partial charge is 0.489 e. The highest BCUT2D eigenvalue weighted by Gasteiger charge is 2.63. The van der Waals surface area contributed by atoms with Gasteiger partial charge in [-0.25, -0.2) is 8.42 Å². The van der Waals surface area contributed by atoms with Crippen molar-refractivity contribution in [1.29, 1.82) is 0 Å². The lowest BCUT2D eigenvalue weighted by Crippen LogP contribution is -2.44. The summed E-state index contributed by atoms with van der Waals surface area (Å²) in [5.74, 6) is -1.19. The molecule has 2 unspecified atom stereocenters. The number of hydrogen-bond donors (Lipinski definition) is 2. The van der Waals surface area contributed by atoms with Gasteiger partial charge in [-0.05, 0) is 65.6 Å². The Hall–Kier alpha value is -3.43. The first-order valence-corrected chi connectivity index (χ1v) is 13.4. The van der Waals surface area contributed by atoms with Gasteiger partial charge in [0.25, 0.3) is 0 Å². The SMILES string of the molecule is Cl.O=C(O)C1(NS(=O)(=O)c2ccc(-c3ccc(Cl)cc3)cc2)CC1c1cccc(OCc2cccnc2)c1. The van der Waals surface area contributed by atoms with Gasteiger partial charge in [-0.3, -0.25) is 9.78 Å². The van der Waals surface area contributed by atoms with Crippen LogP contribution < -0.4 is 9.46 Å². The van der Waals surface area contributed by atoms with Crippen LogP contribution in [0.15, 0.2) is 102 Å². The van der Waals surface area contributed by atoms with Crippen molar-refractivity contribution in [3.05, 3.63) is 113 Å². The zero-order valence-corrected chi connectivity index (χ0v) is 22.3. The van der Waals surface area contributed by atoms with Gasteiger partial charge in [0.05, 0.1) is 4.90 Å². The zero-order chi connectivity index (χ0) is 26.0. The molecule has 38 heavy (non-hydrogen) atoms. The van der Waals surface area contributed by atoms with E-state index >= 15 is 0 Å². The molecule has 10 heteroatoms.